The predicted molar refractivity (Wildman–Crippen MR) is 255 cm³/mol. The summed E-state index contributed by atoms with van der Waals surface area (Å²) in [6.45, 7) is 7.21. The van der Waals surface area contributed by atoms with Crippen LogP contribution >= 0.6 is 0 Å². The molecule has 0 radical (unpaired) electrons. The van der Waals surface area contributed by atoms with Crippen LogP contribution in [-0.4, -0.2) is 112 Å². The molecular weight excluding hydrogens is 863 g/mol. The number of terminal acetylenes is 1. The third kappa shape index (κ3) is 8.03. The Bertz CT molecular complexity index is 2860. The fraction of sp³-hybridized carbons (Fsp3) is 0.500. The number of imide groups is 1. The van der Waals surface area contributed by atoms with E-state index in [1.165, 1.54) is 55.5 Å². The number of amides is 2. The summed E-state index contributed by atoms with van der Waals surface area (Å²) in [6.07, 6.45) is 19.8. The van der Waals surface area contributed by atoms with Gasteiger partial charge in [-0.3, -0.25) is 19.9 Å². The summed E-state index contributed by atoms with van der Waals surface area (Å²) < 4.78 is 38.7. The van der Waals surface area contributed by atoms with Gasteiger partial charge in [-0.25, -0.2) is 8.78 Å². The van der Waals surface area contributed by atoms with Crippen LogP contribution in [0.25, 0.3) is 32.9 Å². The number of phenols is 1. The van der Waals surface area contributed by atoms with Crippen molar-refractivity contribution in [3.8, 4) is 35.4 Å². The Kier molecular flexibility index (Phi) is 10.9. The third-order valence-corrected chi connectivity index (χ3v) is 17.0. The summed E-state index contributed by atoms with van der Waals surface area (Å²) in [5.41, 5.74) is 2.89. The molecule has 5 saturated heterocycles. The van der Waals surface area contributed by atoms with Crippen molar-refractivity contribution >= 4 is 39.3 Å². The molecule has 2 amide bonds. The van der Waals surface area contributed by atoms with E-state index in [1.807, 2.05) is 6.07 Å². The van der Waals surface area contributed by atoms with E-state index in [9.17, 15) is 14.7 Å². The van der Waals surface area contributed by atoms with Gasteiger partial charge in [-0.2, -0.15) is 9.97 Å². The number of benzene rings is 3. The highest BCUT2D eigenvalue weighted by molar-refractivity contribution is 6.03. The fourth-order valence-electron chi connectivity index (χ4n) is 12.9. The van der Waals surface area contributed by atoms with Gasteiger partial charge in [0, 0.05) is 66.7 Å². The van der Waals surface area contributed by atoms with Crippen LogP contribution in [0.2, 0.25) is 0 Å². The minimum Gasteiger partial charge on any atom is -0.508 e. The lowest BCUT2D eigenvalue weighted by atomic mass is 9.59. The van der Waals surface area contributed by atoms with E-state index in [0.29, 0.717) is 70.9 Å². The number of nitrogens with zero attached hydrogens (tertiary/aromatic N) is 6. The Morgan fingerprint density at radius 3 is 2.40 bits per heavy atom. The first kappa shape index (κ1) is 43.5. The molecule has 14 heteroatoms. The molecule has 3 atom stereocenters. The van der Waals surface area contributed by atoms with Crippen molar-refractivity contribution < 1.29 is 28.2 Å². The molecule has 7 heterocycles. The summed E-state index contributed by atoms with van der Waals surface area (Å²) in [5, 5.41) is 18.1. The molecule has 2 saturated carbocycles. The number of carbonyl (C=O) groups excluding carboxylic acids is 2. The third-order valence-electron chi connectivity index (χ3n) is 17.0. The molecule has 3 aromatic carbocycles. The van der Waals surface area contributed by atoms with Gasteiger partial charge in [0.1, 0.15) is 28.6 Å². The van der Waals surface area contributed by atoms with Crippen molar-refractivity contribution in [1.29, 1.82) is 0 Å². The minimum absolute atomic E-state index is 0.0108. The van der Waals surface area contributed by atoms with Crippen LogP contribution < -0.4 is 20.3 Å². The molecule has 2 bridgehead atoms. The molecule has 7 aliphatic rings. The highest BCUT2D eigenvalue weighted by Crippen LogP contribution is 2.53. The maximum absolute atomic E-state index is 17.1. The molecule has 3 unspecified atom stereocenters. The van der Waals surface area contributed by atoms with Gasteiger partial charge in [0.05, 0.1) is 23.5 Å². The molecule has 12 rings (SSSR count). The molecule has 7 fully saturated rings. The minimum atomic E-state index is -0.714. The molecule has 12 nitrogen and oxygen atoms in total. The molecule has 1 spiro atoms. The van der Waals surface area contributed by atoms with E-state index in [2.05, 4.69) is 54.4 Å². The van der Waals surface area contributed by atoms with Crippen molar-refractivity contribution in [3.63, 3.8) is 0 Å². The van der Waals surface area contributed by atoms with Gasteiger partial charge in [0.25, 0.3) is 0 Å². The number of ether oxygens (including phenoxy) is 1. The van der Waals surface area contributed by atoms with Gasteiger partial charge in [0.15, 0.2) is 5.82 Å². The largest absolute Gasteiger partial charge is 0.508 e. The number of aromatic hydroxyl groups is 1. The second-order valence-electron chi connectivity index (χ2n) is 21.3. The number of phenolic OH excluding ortho intramolecular Hbond substituents is 1. The smallest absolute Gasteiger partial charge is 0.319 e. The first-order valence-electron chi connectivity index (χ1n) is 24.8. The predicted octanol–water partition coefficient (Wildman–Crippen LogP) is 7.55. The first-order valence-corrected chi connectivity index (χ1v) is 24.8. The van der Waals surface area contributed by atoms with E-state index in [4.69, 9.17) is 21.1 Å². The second kappa shape index (κ2) is 17.0. The normalized spacial score (nSPS) is 25.1. The number of pyridine rings is 1. The lowest BCUT2D eigenvalue weighted by molar-refractivity contribution is -0.134. The van der Waals surface area contributed by atoms with Gasteiger partial charge >= 0.3 is 6.01 Å². The zero-order valence-corrected chi connectivity index (χ0v) is 38.4. The molecule has 5 aliphatic heterocycles. The Morgan fingerprint density at radius 1 is 0.897 bits per heavy atom. The summed E-state index contributed by atoms with van der Waals surface area (Å²) in [6, 6.07) is 15.5. The molecule has 68 heavy (non-hydrogen) atoms. The van der Waals surface area contributed by atoms with Crippen molar-refractivity contribution in [2.45, 2.75) is 107 Å². The average molecular weight is 921 g/mol. The quantitative estimate of drug-likeness (QED) is 0.0947. The standard InChI is InChI=1S/C54H58F2N8O4/c1-2-40-44(55)10-6-35-23-39(65)24-42(46(35)40)48-47(56)49-43(27-57-48)50(64-28-36-7-8-37(29-64)58-36)61-52(60-49)68-31-54(14-15-54)30-62-20-16-53(17-21-62)25-38(26-53)63-18-12-32(13-19-63)33-4-3-5-34(22-33)41-9-11-45(66)59-51(41)67/h1,3-6,10,22-24,27,32,36-38,41,58,65H,7-9,11-21,25-26,28-31H2,(H,59,66,67). The Morgan fingerprint density at radius 2 is 1.66 bits per heavy atom. The number of hydrogen-bond donors (Lipinski definition) is 3. The van der Waals surface area contributed by atoms with Crippen LogP contribution in [0.5, 0.6) is 11.8 Å². The van der Waals surface area contributed by atoms with E-state index in [0.717, 1.165) is 89.9 Å². The number of halogens is 2. The van der Waals surface area contributed by atoms with Crippen LogP contribution in [-0.2, 0) is 9.59 Å². The van der Waals surface area contributed by atoms with E-state index in [1.54, 1.807) is 6.20 Å². The Balaban J connectivity index is 0.697. The first-order chi connectivity index (χ1) is 33.0. The average Bonchev–Trinajstić information content (AvgIpc) is 4.02. The van der Waals surface area contributed by atoms with Crippen molar-refractivity contribution in [2.75, 3.05) is 57.3 Å². The Labute approximate surface area is 395 Å². The monoisotopic (exact) mass is 920 g/mol. The summed E-state index contributed by atoms with van der Waals surface area (Å²) in [7, 11) is 0. The maximum Gasteiger partial charge on any atom is 0.319 e. The lowest BCUT2D eigenvalue weighted by Gasteiger charge is -2.56. The van der Waals surface area contributed by atoms with Crippen LogP contribution in [0.4, 0.5) is 14.6 Å². The number of nitrogens with one attached hydrogen (secondary N) is 2. The zero-order valence-electron chi connectivity index (χ0n) is 38.4. The molecule has 352 valence electrons. The number of carbonyl (C=O) groups is 2. The number of piperidine rings is 3. The lowest BCUT2D eigenvalue weighted by Crippen LogP contribution is -2.56. The molecule has 5 aromatic rings. The molecule has 3 N–H and O–H groups in total. The van der Waals surface area contributed by atoms with Crippen molar-refractivity contribution in [2.24, 2.45) is 10.8 Å². The van der Waals surface area contributed by atoms with Crippen LogP contribution in [0.15, 0.2) is 54.7 Å². The van der Waals surface area contributed by atoms with E-state index < -0.39 is 11.6 Å². The van der Waals surface area contributed by atoms with Crippen molar-refractivity contribution in [1.82, 2.24) is 35.4 Å². The maximum atomic E-state index is 17.1. The van der Waals surface area contributed by atoms with Gasteiger partial charge in [0.2, 0.25) is 11.8 Å². The summed E-state index contributed by atoms with van der Waals surface area (Å²) in [4.78, 5) is 46.1. The molecular formula is C54H58F2N8O4. The van der Waals surface area contributed by atoms with Gasteiger partial charge in [-0.15, -0.1) is 6.42 Å². The molecule has 2 aliphatic carbocycles. The number of rotatable bonds is 10. The van der Waals surface area contributed by atoms with Gasteiger partial charge in [-0.1, -0.05) is 36.3 Å². The number of likely N-dealkylation sites (tertiary alicyclic amines) is 2. The number of piperazine rings is 1. The van der Waals surface area contributed by atoms with Gasteiger partial charge < -0.3 is 29.9 Å². The number of hydrogen-bond acceptors (Lipinski definition) is 11. The van der Waals surface area contributed by atoms with Crippen LogP contribution in [0.3, 0.4) is 0 Å². The van der Waals surface area contributed by atoms with E-state index in [-0.39, 0.29) is 57.2 Å². The number of aromatic nitrogens is 3. The topological polar surface area (TPSA) is 136 Å². The highest BCUT2D eigenvalue weighted by atomic mass is 19.1. The SMILES string of the molecule is C#Cc1c(F)ccc2cc(O)cc(-c3ncc4c(N5CC6CCC(C5)N6)nc(OCC5(CN6CCC7(CC6)CC(N6CCC(c8cccc(C9CCC(=O)NC9=O)c8)CC6)C7)CC5)nc4c3F)c12. The number of anilines is 1. The Hall–Kier alpha value is -5.75. The van der Waals surface area contributed by atoms with E-state index >= 15 is 8.78 Å². The van der Waals surface area contributed by atoms with Crippen molar-refractivity contribution in [3.05, 3.63) is 83.1 Å². The van der Waals surface area contributed by atoms with Crippen LogP contribution in [0.1, 0.15) is 106 Å². The molecule has 2 aromatic heterocycles. The highest BCUT2D eigenvalue weighted by Gasteiger charge is 2.51. The second-order valence-corrected chi connectivity index (χ2v) is 21.3. The fourth-order valence-corrected chi connectivity index (χ4v) is 12.9. The summed E-state index contributed by atoms with van der Waals surface area (Å²) >= 11 is 0. The summed E-state index contributed by atoms with van der Waals surface area (Å²) in [5.74, 6) is 1.46. The number of fused-ring (bicyclic) bond motifs is 4. The van der Waals surface area contributed by atoms with Crippen LogP contribution in [0, 0.1) is 34.8 Å². The van der Waals surface area contributed by atoms with Gasteiger partial charge in [-0.05, 0) is 143 Å². The zero-order chi connectivity index (χ0) is 46.3.